The number of halogens is 3. The van der Waals surface area contributed by atoms with Crippen LogP contribution in [0.15, 0.2) is 127 Å². The highest BCUT2D eigenvalue weighted by molar-refractivity contribution is 5.97. The van der Waals surface area contributed by atoms with Gasteiger partial charge in [0, 0.05) is 44.0 Å². The SMILES string of the molecule is O=C(NCc1cc2c3ccccc3nc(N3CCC(CN4CCC(Oc5ccc(C6c7ccc(O)cc7CCC6c6ccccc6)cc5)CC4)CC3)n2n1)c1ccccc1OC(F)(F)F. The summed E-state index contributed by atoms with van der Waals surface area (Å²) in [6.45, 7) is 4.68. The molecule has 3 aliphatic rings. The molecule has 1 amide bonds. The number of carbonyl (C=O) groups is 1. The van der Waals surface area contributed by atoms with Gasteiger partial charge in [0.2, 0.25) is 5.95 Å². The number of rotatable bonds is 11. The Hall–Kier alpha value is -6.60. The maximum absolute atomic E-state index is 13.0. The summed E-state index contributed by atoms with van der Waals surface area (Å²) in [5.74, 6) is 1.80. The van der Waals surface area contributed by atoms with Gasteiger partial charge < -0.3 is 29.7 Å². The van der Waals surface area contributed by atoms with Gasteiger partial charge in [-0.2, -0.15) is 9.61 Å². The normalized spacial score (nSPS) is 18.7. The molecule has 0 saturated carbocycles. The number of piperidine rings is 2. The zero-order chi connectivity index (χ0) is 44.5. The quantitative estimate of drug-likeness (QED) is 0.132. The molecule has 7 aromatic rings. The van der Waals surface area contributed by atoms with E-state index >= 15 is 0 Å². The summed E-state index contributed by atoms with van der Waals surface area (Å²) in [5, 5.41) is 18.7. The number of nitrogens with one attached hydrogen (secondary N) is 1. The summed E-state index contributed by atoms with van der Waals surface area (Å²) in [4.78, 5) is 23.0. The van der Waals surface area contributed by atoms with Gasteiger partial charge in [-0.3, -0.25) is 4.79 Å². The van der Waals surface area contributed by atoms with Crippen LogP contribution in [0.3, 0.4) is 0 Å². The van der Waals surface area contributed by atoms with Gasteiger partial charge in [-0.25, -0.2) is 4.98 Å². The lowest BCUT2D eigenvalue weighted by Crippen LogP contribution is -2.43. The Morgan fingerprint density at radius 1 is 0.785 bits per heavy atom. The minimum absolute atomic E-state index is 0.00346. The predicted molar refractivity (Wildman–Crippen MR) is 244 cm³/mol. The Labute approximate surface area is 375 Å². The number of hydrogen-bond acceptors (Lipinski definition) is 8. The van der Waals surface area contributed by atoms with Crippen molar-refractivity contribution >= 4 is 28.3 Å². The maximum Gasteiger partial charge on any atom is 0.573 e. The Kier molecular flexibility index (Phi) is 11.8. The largest absolute Gasteiger partial charge is 0.573 e. The smallest absolute Gasteiger partial charge is 0.508 e. The number of likely N-dealkylation sites (tertiary alicyclic amines) is 1. The Morgan fingerprint density at radius 3 is 2.31 bits per heavy atom. The van der Waals surface area contributed by atoms with Crippen molar-refractivity contribution in [1.29, 1.82) is 0 Å². The van der Waals surface area contributed by atoms with E-state index < -0.39 is 18.0 Å². The number of aryl methyl sites for hydroxylation is 1. The minimum atomic E-state index is -4.92. The lowest BCUT2D eigenvalue weighted by Gasteiger charge is -2.38. The Balaban J connectivity index is 0.743. The first-order valence-electron chi connectivity index (χ1n) is 22.6. The van der Waals surface area contributed by atoms with E-state index in [1.165, 1.54) is 40.5 Å². The molecule has 13 heteroatoms. The zero-order valence-electron chi connectivity index (χ0n) is 36.0. The van der Waals surface area contributed by atoms with Crippen LogP contribution in [0.5, 0.6) is 17.2 Å². The first-order valence-corrected chi connectivity index (χ1v) is 22.6. The topological polar surface area (TPSA) is 104 Å². The molecule has 2 atom stereocenters. The first kappa shape index (κ1) is 42.4. The third-order valence-electron chi connectivity index (χ3n) is 13.4. The van der Waals surface area contributed by atoms with Crippen LogP contribution < -0.4 is 19.7 Å². The van der Waals surface area contributed by atoms with Crippen LogP contribution in [0.4, 0.5) is 19.1 Å². The summed E-state index contributed by atoms with van der Waals surface area (Å²) in [6.07, 6.45) is 1.20. The van der Waals surface area contributed by atoms with Gasteiger partial charge in [-0.15, -0.1) is 13.2 Å². The molecule has 0 bridgehead atoms. The molecule has 10 rings (SSSR count). The van der Waals surface area contributed by atoms with Crippen molar-refractivity contribution in [3.63, 3.8) is 0 Å². The number of nitrogens with zero attached hydrogens (tertiary/aromatic N) is 5. The molecule has 0 radical (unpaired) electrons. The third kappa shape index (κ3) is 9.33. The zero-order valence-corrected chi connectivity index (χ0v) is 36.0. The van der Waals surface area contributed by atoms with Crippen molar-refractivity contribution in [3.05, 3.63) is 161 Å². The second-order valence-electron chi connectivity index (χ2n) is 17.6. The van der Waals surface area contributed by atoms with Crippen molar-refractivity contribution in [3.8, 4) is 17.2 Å². The number of aromatic nitrogens is 3. The van der Waals surface area contributed by atoms with Gasteiger partial charge in [-0.05, 0) is 121 Å². The standard InChI is InChI=1S/C52H51F3N6O4/c53-52(54,55)65-48-13-7-5-11-45(48)50(63)56-32-38-31-47-44-10-4-6-12-46(44)57-51(61(47)58-38)60-28-22-34(23-29-60)33-59-26-24-41(25-27-59)64-40-18-14-36(15-19-40)49-42(35-8-2-1-3-9-35)20-16-37-30-39(62)17-21-43(37)49/h1-15,17-19,21,30-31,34,41-42,49,62H,16,20,22-29,32-33H2,(H,56,63). The van der Waals surface area contributed by atoms with Crippen molar-refractivity contribution < 1.29 is 32.5 Å². The van der Waals surface area contributed by atoms with Crippen LogP contribution in [0.25, 0.3) is 16.4 Å². The summed E-state index contributed by atoms with van der Waals surface area (Å²) in [7, 11) is 0. The highest BCUT2D eigenvalue weighted by Crippen LogP contribution is 2.47. The molecule has 2 saturated heterocycles. The van der Waals surface area contributed by atoms with Crippen LogP contribution in [0, 0.1) is 5.92 Å². The summed E-state index contributed by atoms with van der Waals surface area (Å²) in [5.41, 5.74) is 7.14. The molecular weight excluding hydrogens is 830 g/mol. The Bertz CT molecular complexity index is 2780. The molecule has 334 valence electrons. The molecule has 2 fully saturated rings. The molecule has 2 aliphatic heterocycles. The molecule has 2 aromatic heterocycles. The summed E-state index contributed by atoms with van der Waals surface area (Å²) < 4.78 is 51.5. The second kappa shape index (κ2) is 18.1. The fourth-order valence-corrected chi connectivity index (χ4v) is 10.3. The van der Waals surface area contributed by atoms with E-state index in [0.29, 0.717) is 23.3 Å². The number of ether oxygens (including phenoxy) is 2. The van der Waals surface area contributed by atoms with E-state index in [-0.39, 0.29) is 24.1 Å². The number of carbonyl (C=O) groups excluding carboxylic acids is 1. The number of aromatic hydroxyl groups is 1. The first-order chi connectivity index (χ1) is 31.6. The highest BCUT2D eigenvalue weighted by atomic mass is 19.4. The number of fused-ring (bicyclic) bond motifs is 4. The number of para-hydroxylation sites is 2. The molecule has 4 heterocycles. The third-order valence-corrected chi connectivity index (χ3v) is 13.4. The molecule has 5 aromatic carbocycles. The summed E-state index contributed by atoms with van der Waals surface area (Å²) in [6, 6.07) is 40.4. The fraction of sp³-hybridized carbons (Fsp3) is 0.327. The molecule has 2 unspecified atom stereocenters. The molecule has 2 N–H and O–H groups in total. The van der Waals surface area contributed by atoms with Gasteiger partial charge in [-0.1, -0.05) is 78.9 Å². The number of benzene rings is 5. The number of anilines is 1. The highest BCUT2D eigenvalue weighted by Gasteiger charge is 2.34. The lowest BCUT2D eigenvalue weighted by molar-refractivity contribution is -0.274. The lowest BCUT2D eigenvalue weighted by atomic mass is 9.69. The molecular formula is C52H51F3N6O4. The van der Waals surface area contributed by atoms with E-state index in [2.05, 4.69) is 80.5 Å². The van der Waals surface area contributed by atoms with Crippen molar-refractivity contribution in [2.75, 3.05) is 37.6 Å². The molecule has 1 aliphatic carbocycles. The average Bonchev–Trinajstić information content (AvgIpc) is 3.76. The molecule has 0 spiro atoms. The van der Waals surface area contributed by atoms with E-state index in [1.807, 2.05) is 47.0 Å². The van der Waals surface area contributed by atoms with Gasteiger partial charge in [0.15, 0.2) is 0 Å². The fourth-order valence-electron chi connectivity index (χ4n) is 10.3. The van der Waals surface area contributed by atoms with Crippen LogP contribution in [0.2, 0.25) is 0 Å². The van der Waals surface area contributed by atoms with Crippen LogP contribution in [-0.4, -0.2) is 75.7 Å². The van der Waals surface area contributed by atoms with Crippen LogP contribution in [-0.2, 0) is 13.0 Å². The minimum Gasteiger partial charge on any atom is -0.508 e. The number of phenols is 1. The number of alkyl halides is 3. The van der Waals surface area contributed by atoms with E-state index in [9.17, 15) is 23.1 Å². The van der Waals surface area contributed by atoms with Gasteiger partial charge in [0.05, 0.1) is 28.8 Å². The van der Waals surface area contributed by atoms with Crippen LogP contribution in [0.1, 0.15) is 82.2 Å². The monoisotopic (exact) mass is 880 g/mol. The maximum atomic E-state index is 13.0. The van der Waals surface area contributed by atoms with Gasteiger partial charge in [0.25, 0.3) is 5.91 Å². The predicted octanol–water partition coefficient (Wildman–Crippen LogP) is 10.0. The number of amides is 1. The van der Waals surface area contributed by atoms with E-state index in [1.54, 1.807) is 0 Å². The van der Waals surface area contributed by atoms with Crippen molar-refractivity contribution in [2.24, 2.45) is 5.92 Å². The summed E-state index contributed by atoms with van der Waals surface area (Å²) >= 11 is 0. The van der Waals surface area contributed by atoms with Crippen LogP contribution >= 0.6 is 0 Å². The van der Waals surface area contributed by atoms with Gasteiger partial charge in [0.1, 0.15) is 23.4 Å². The van der Waals surface area contributed by atoms with E-state index in [0.717, 1.165) is 105 Å². The molecule has 10 nitrogen and oxygen atoms in total. The average molecular weight is 881 g/mol. The number of hydrogen-bond donors (Lipinski definition) is 2. The van der Waals surface area contributed by atoms with Crippen molar-refractivity contribution in [1.82, 2.24) is 24.8 Å². The van der Waals surface area contributed by atoms with Gasteiger partial charge >= 0.3 is 6.36 Å². The molecule has 65 heavy (non-hydrogen) atoms. The Morgan fingerprint density at radius 2 is 1.52 bits per heavy atom. The van der Waals surface area contributed by atoms with E-state index in [4.69, 9.17) is 14.8 Å². The second-order valence-corrected chi connectivity index (χ2v) is 17.6. The van der Waals surface area contributed by atoms with Crippen molar-refractivity contribution in [2.45, 2.75) is 69.4 Å². The number of phenolic OH excluding ortho intramolecular Hbond substituents is 1.